The SMILES string of the molecule is Cl.NCC1CCCN(C(=O)c2csc3ccccc23)C1. The number of piperidine rings is 1. The number of hydrogen-bond donors (Lipinski definition) is 1. The predicted octanol–water partition coefficient (Wildman–Crippen LogP) is 3.13. The molecule has 3 nitrogen and oxygen atoms in total. The van der Waals surface area contributed by atoms with Crippen molar-refractivity contribution >= 4 is 39.7 Å². The molecule has 1 aliphatic heterocycles. The van der Waals surface area contributed by atoms with E-state index in [0.29, 0.717) is 12.5 Å². The van der Waals surface area contributed by atoms with Gasteiger partial charge in [0, 0.05) is 28.6 Å². The average Bonchev–Trinajstić information content (AvgIpc) is 2.90. The van der Waals surface area contributed by atoms with Gasteiger partial charge in [0.05, 0.1) is 5.56 Å². The fourth-order valence-corrected chi connectivity index (χ4v) is 3.69. The summed E-state index contributed by atoms with van der Waals surface area (Å²) in [4.78, 5) is 14.6. The van der Waals surface area contributed by atoms with E-state index in [9.17, 15) is 4.79 Å². The van der Waals surface area contributed by atoms with Crippen molar-refractivity contribution in [3.63, 3.8) is 0 Å². The van der Waals surface area contributed by atoms with Crippen LogP contribution in [-0.4, -0.2) is 30.4 Å². The van der Waals surface area contributed by atoms with Gasteiger partial charge in [0.15, 0.2) is 0 Å². The smallest absolute Gasteiger partial charge is 0.255 e. The molecule has 1 unspecified atom stereocenters. The quantitative estimate of drug-likeness (QED) is 0.926. The van der Waals surface area contributed by atoms with Crippen LogP contribution < -0.4 is 5.73 Å². The van der Waals surface area contributed by atoms with Gasteiger partial charge in [-0.05, 0) is 31.4 Å². The Bertz CT molecular complexity index is 598. The van der Waals surface area contributed by atoms with Crippen LogP contribution in [0.4, 0.5) is 0 Å². The van der Waals surface area contributed by atoms with Crippen molar-refractivity contribution in [3.05, 3.63) is 35.2 Å². The van der Waals surface area contributed by atoms with E-state index in [0.717, 1.165) is 36.9 Å². The Labute approximate surface area is 129 Å². The van der Waals surface area contributed by atoms with E-state index in [-0.39, 0.29) is 18.3 Å². The molecule has 2 N–H and O–H groups in total. The van der Waals surface area contributed by atoms with Gasteiger partial charge in [-0.3, -0.25) is 4.79 Å². The Kier molecular flexibility index (Phi) is 5.02. The number of likely N-dealkylation sites (tertiary alicyclic amines) is 1. The number of thiophene rings is 1. The van der Waals surface area contributed by atoms with Crippen molar-refractivity contribution in [2.75, 3.05) is 19.6 Å². The summed E-state index contributed by atoms with van der Waals surface area (Å²) in [5, 5.41) is 3.06. The number of benzene rings is 1. The number of amides is 1. The monoisotopic (exact) mass is 310 g/mol. The molecule has 108 valence electrons. The van der Waals surface area contributed by atoms with Gasteiger partial charge in [-0.25, -0.2) is 0 Å². The van der Waals surface area contributed by atoms with Crippen LogP contribution in [0.3, 0.4) is 0 Å². The zero-order chi connectivity index (χ0) is 13.2. The van der Waals surface area contributed by atoms with E-state index in [2.05, 4.69) is 6.07 Å². The van der Waals surface area contributed by atoms with Gasteiger partial charge in [0.2, 0.25) is 0 Å². The molecule has 1 saturated heterocycles. The summed E-state index contributed by atoms with van der Waals surface area (Å²) in [5.74, 6) is 0.623. The number of hydrogen-bond acceptors (Lipinski definition) is 3. The summed E-state index contributed by atoms with van der Waals surface area (Å²) in [5.41, 5.74) is 6.58. The third-order valence-electron chi connectivity index (χ3n) is 3.85. The molecule has 0 spiro atoms. The molecule has 2 heterocycles. The normalized spacial score (nSPS) is 18.9. The lowest BCUT2D eigenvalue weighted by Crippen LogP contribution is -2.41. The third kappa shape index (κ3) is 2.82. The first-order valence-electron chi connectivity index (χ1n) is 6.75. The van der Waals surface area contributed by atoms with Crippen LogP contribution in [-0.2, 0) is 0 Å². The van der Waals surface area contributed by atoms with Gasteiger partial charge in [-0.2, -0.15) is 0 Å². The summed E-state index contributed by atoms with van der Waals surface area (Å²) in [6, 6.07) is 8.10. The summed E-state index contributed by atoms with van der Waals surface area (Å²) in [7, 11) is 0. The Morgan fingerprint density at radius 1 is 1.40 bits per heavy atom. The second-order valence-corrected chi connectivity index (χ2v) is 6.05. The highest BCUT2D eigenvalue weighted by molar-refractivity contribution is 7.17. The van der Waals surface area contributed by atoms with Crippen molar-refractivity contribution in [3.8, 4) is 0 Å². The molecule has 0 bridgehead atoms. The van der Waals surface area contributed by atoms with Crippen LogP contribution >= 0.6 is 23.7 Å². The second-order valence-electron chi connectivity index (χ2n) is 5.14. The molecule has 0 saturated carbocycles. The van der Waals surface area contributed by atoms with E-state index < -0.39 is 0 Å². The average molecular weight is 311 g/mol. The minimum absolute atomic E-state index is 0. The van der Waals surface area contributed by atoms with Crippen molar-refractivity contribution in [2.45, 2.75) is 12.8 Å². The van der Waals surface area contributed by atoms with E-state index in [1.807, 2.05) is 28.5 Å². The zero-order valence-corrected chi connectivity index (χ0v) is 12.9. The van der Waals surface area contributed by atoms with E-state index in [1.165, 1.54) is 4.70 Å². The van der Waals surface area contributed by atoms with Gasteiger partial charge in [0.25, 0.3) is 5.91 Å². The number of nitrogens with two attached hydrogens (primary N) is 1. The number of carbonyl (C=O) groups excluding carboxylic acids is 1. The number of nitrogens with zero attached hydrogens (tertiary/aromatic N) is 1. The molecule has 3 rings (SSSR count). The summed E-state index contributed by atoms with van der Waals surface area (Å²) in [6.07, 6.45) is 2.21. The van der Waals surface area contributed by atoms with Crippen molar-refractivity contribution in [1.82, 2.24) is 4.90 Å². The van der Waals surface area contributed by atoms with Crippen LogP contribution in [0.1, 0.15) is 23.2 Å². The topological polar surface area (TPSA) is 46.3 Å². The molecular formula is C15H19ClN2OS. The highest BCUT2D eigenvalue weighted by Crippen LogP contribution is 2.28. The highest BCUT2D eigenvalue weighted by Gasteiger charge is 2.25. The van der Waals surface area contributed by atoms with E-state index in [1.54, 1.807) is 11.3 Å². The maximum absolute atomic E-state index is 12.6. The maximum atomic E-state index is 12.6. The number of fused-ring (bicyclic) bond motifs is 1. The van der Waals surface area contributed by atoms with Gasteiger partial charge in [0.1, 0.15) is 0 Å². The third-order valence-corrected chi connectivity index (χ3v) is 4.81. The molecule has 20 heavy (non-hydrogen) atoms. The number of carbonyl (C=O) groups is 1. The summed E-state index contributed by atoms with van der Waals surface area (Å²) in [6.45, 7) is 2.34. The molecule has 1 amide bonds. The molecular weight excluding hydrogens is 292 g/mol. The first-order valence-corrected chi connectivity index (χ1v) is 7.63. The van der Waals surface area contributed by atoms with Crippen molar-refractivity contribution in [2.24, 2.45) is 11.7 Å². The molecule has 5 heteroatoms. The van der Waals surface area contributed by atoms with Crippen LogP contribution in [0.15, 0.2) is 29.6 Å². The van der Waals surface area contributed by atoms with Crippen molar-refractivity contribution < 1.29 is 4.79 Å². The first-order chi connectivity index (χ1) is 9.29. The minimum Gasteiger partial charge on any atom is -0.338 e. The molecule has 0 aliphatic carbocycles. The lowest BCUT2D eigenvalue weighted by atomic mass is 9.97. The standard InChI is InChI=1S/C15H18N2OS.ClH/c16-8-11-4-3-7-17(9-11)15(18)13-10-19-14-6-2-1-5-12(13)14;/h1-2,5-6,10-11H,3-4,7-9,16H2;1H. The Morgan fingerprint density at radius 3 is 3.00 bits per heavy atom. The van der Waals surface area contributed by atoms with Gasteiger partial charge in [-0.15, -0.1) is 23.7 Å². The van der Waals surface area contributed by atoms with E-state index in [4.69, 9.17) is 5.73 Å². The largest absolute Gasteiger partial charge is 0.338 e. The summed E-state index contributed by atoms with van der Waals surface area (Å²) < 4.78 is 1.18. The second kappa shape index (κ2) is 6.57. The fourth-order valence-electron chi connectivity index (χ4n) is 2.76. The van der Waals surface area contributed by atoms with Crippen molar-refractivity contribution in [1.29, 1.82) is 0 Å². The van der Waals surface area contributed by atoms with Crippen LogP contribution in [0.25, 0.3) is 10.1 Å². The highest BCUT2D eigenvalue weighted by atomic mass is 35.5. The fraction of sp³-hybridized carbons (Fsp3) is 0.400. The van der Waals surface area contributed by atoms with Crippen LogP contribution in [0, 0.1) is 5.92 Å². The predicted molar refractivity (Wildman–Crippen MR) is 86.8 cm³/mol. The first kappa shape index (κ1) is 15.3. The van der Waals surface area contributed by atoms with E-state index >= 15 is 0 Å². The Hall–Kier alpha value is -1.10. The Balaban J connectivity index is 0.00000147. The van der Waals surface area contributed by atoms with Crippen LogP contribution in [0.5, 0.6) is 0 Å². The van der Waals surface area contributed by atoms with Gasteiger partial charge in [-0.1, -0.05) is 18.2 Å². The van der Waals surface area contributed by atoms with Gasteiger partial charge < -0.3 is 10.6 Å². The molecule has 1 aromatic heterocycles. The minimum atomic E-state index is 0. The molecule has 1 aromatic carbocycles. The zero-order valence-electron chi connectivity index (χ0n) is 11.2. The van der Waals surface area contributed by atoms with Gasteiger partial charge >= 0.3 is 0 Å². The summed E-state index contributed by atoms with van der Waals surface area (Å²) >= 11 is 1.64. The number of rotatable bonds is 2. The maximum Gasteiger partial charge on any atom is 0.255 e. The van der Waals surface area contributed by atoms with Crippen LogP contribution in [0.2, 0.25) is 0 Å². The lowest BCUT2D eigenvalue weighted by Gasteiger charge is -2.32. The Morgan fingerprint density at radius 2 is 2.20 bits per heavy atom. The lowest BCUT2D eigenvalue weighted by molar-refractivity contribution is 0.0680. The molecule has 2 aromatic rings. The number of halogens is 1. The molecule has 1 atom stereocenters. The molecule has 1 aliphatic rings. The molecule has 1 fully saturated rings. The molecule has 0 radical (unpaired) electrons.